The molecule has 4 rings (SSSR count). The summed E-state index contributed by atoms with van der Waals surface area (Å²) < 4.78 is 0. The summed E-state index contributed by atoms with van der Waals surface area (Å²) in [6, 6.07) is 15.2. The van der Waals surface area contributed by atoms with Crippen LogP contribution in [0.5, 0.6) is 0 Å². The number of anilines is 2. The molecule has 1 saturated carbocycles. The van der Waals surface area contributed by atoms with Crippen molar-refractivity contribution in [2.75, 3.05) is 16.8 Å². The molecule has 4 heteroatoms. The van der Waals surface area contributed by atoms with E-state index in [1.54, 1.807) is 0 Å². The Balaban J connectivity index is 1.58. The van der Waals surface area contributed by atoms with Crippen LogP contribution in [0.1, 0.15) is 35.2 Å². The van der Waals surface area contributed by atoms with Crippen LogP contribution in [0.15, 0.2) is 48.5 Å². The zero-order chi connectivity index (χ0) is 16.5. The van der Waals surface area contributed by atoms with Crippen molar-refractivity contribution in [2.24, 2.45) is 5.92 Å². The van der Waals surface area contributed by atoms with Crippen molar-refractivity contribution >= 4 is 23.2 Å². The average molecular weight is 320 g/mol. The highest BCUT2D eigenvalue weighted by Crippen LogP contribution is 2.33. The lowest BCUT2D eigenvalue weighted by molar-refractivity contribution is -0.117. The van der Waals surface area contributed by atoms with Gasteiger partial charge in [-0.1, -0.05) is 18.2 Å². The topological polar surface area (TPSA) is 49.4 Å². The zero-order valence-electron chi connectivity index (χ0n) is 13.5. The number of carbonyl (C=O) groups excluding carboxylic acids is 2. The van der Waals surface area contributed by atoms with Gasteiger partial charge in [-0.25, -0.2) is 0 Å². The SMILES string of the molecule is O=C(Nc1ccc2c(c1)CCCN2C(=O)c1ccccc1)C1CC1. The highest BCUT2D eigenvalue weighted by atomic mass is 16.2. The van der Waals surface area contributed by atoms with Crippen LogP contribution in [-0.2, 0) is 11.2 Å². The van der Waals surface area contributed by atoms with Crippen LogP contribution in [0, 0.1) is 5.92 Å². The van der Waals surface area contributed by atoms with Crippen molar-refractivity contribution in [3.63, 3.8) is 0 Å². The molecule has 0 spiro atoms. The van der Waals surface area contributed by atoms with E-state index in [4.69, 9.17) is 0 Å². The molecule has 122 valence electrons. The summed E-state index contributed by atoms with van der Waals surface area (Å²) in [5.41, 5.74) is 3.62. The predicted molar refractivity (Wildman–Crippen MR) is 94.2 cm³/mol. The van der Waals surface area contributed by atoms with E-state index in [1.807, 2.05) is 53.4 Å². The maximum absolute atomic E-state index is 12.8. The van der Waals surface area contributed by atoms with E-state index in [1.165, 1.54) is 0 Å². The Morgan fingerprint density at radius 2 is 1.83 bits per heavy atom. The first-order chi connectivity index (χ1) is 11.7. The lowest BCUT2D eigenvalue weighted by atomic mass is 10.00. The summed E-state index contributed by atoms with van der Waals surface area (Å²) in [5.74, 6) is 0.339. The summed E-state index contributed by atoms with van der Waals surface area (Å²) in [6.45, 7) is 0.731. The molecule has 2 aliphatic rings. The van der Waals surface area contributed by atoms with Gasteiger partial charge in [-0.3, -0.25) is 9.59 Å². The van der Waals surface area contributed by atoms with Crippen LogP contribution in [0.3, 0.4) is 0 Å². The number of amides is 2. The van der Waals surface area contributed by atoms with Crippen LogP contribution in [0.4, 0.5) is 11.4 Å². The normalized spacial score (nSPS) is 16.4. The number of rotatable bonds is 3. The largest absolute Gasteiger partial charge is 0.326 e. The van der Waals surface area contributed by atoms with Gasteiger partial charge in [0.15, 0.2) is 0 Å². The molecule has 2 aromatic carbocycles. The van der Waals surface area contributed by atoms with E-state index in [2.05, 4.69) is 5.32 Å². The van der Waals surface area contributed by atoms with E-state index in [-0.39, 0.29) is 17.7 Å². The third-order valence-electron chi connectivity index (χ3n) is 4.68. The molecule has 0 saturated heterocycles. The summed E-state index contributed by atoms with van der Waals surface area (Å²) in [6.07, 6.45) is 3.86. The number of hydrogen-bond acceptors (Lipinski definition) is 2. The summed E-state index contributed by atoms with van der Waals surface area (Å²) in [7, 11) is 0. The molecule has 1 aliphatic heterocycles. The second-order valence-electron chi connectivity index (χ2n) is 6.53. The van der Waals surface area contributed by atoms with Gasteiger partial charge in [0.2, 0.25) is 5.91 Å². The van der Waals surface area contributed by atoms with Crippen molar-refractivity contribution in [2.45, 2.75) is 25.7 Å². The number of aryl methyl sites for hydroxylation is 1. The van der Waals surface area contributed by atoms with Crippen molar-refractivity contribution in [3.05, 3.63) is 59.7 Å². The van der Waals surface area contributed by atoms with Gasteiger partial charge >= 0.3 is 0 Å². The van der Waals surface area contributed by atoms with E-state index in [9.17, 15) is 9.59 Å². The van der Waals surface area contributed by atoms with Gasteiger partial charge < -0.3 is 10.2 Å². The molecule has 1 fully saturated rings. The Morgan fingerprint density at radius 1 is 1.04 bits per heavy atom. The van der Waals surface area contributed by atoms with Gasteiger partial charge in [0, 0.05) is 29.4 Å². The highest BCUT2D eigenvalue weighted by Gasteiger charge is 2.30. The number of carbonyl (C=O) groups is 2. The first-order valence-corrected chi connectivity index (χ1v) is 8.53. The Morgan fingerprint density at radius 3 is 2.58 bits per heavy atom. The Bertz CT molecular complexity index is 781. The first kappa shape index (κ1) is 14.9. The molecule has 2 amide bonds. The Kier molecular flexibility index (Phi) is 3.81. The smallest absolute Gasteiger partial charge is 0.258 e. The van der Waals surface area contributed by atoms with Gasteiger partial charge in [-0.05, 0) is 61.6 Å². The molecule has 1 N–H and O–H groups in total. The van der Waals surface area contributed by atoms with Crippen LogP contribution >= 0.6 is 0 Å². The second kappa shape index (κ2) is 6.11. The van der Waals surface area contributed by atoms with Crippen LogP contribution < -0.4 is 10.2 Å². The molecule has 0 aromatic heterocycles. The first-order valence-electron chi connectivity index (χ1n) is 8.53. The van der Waals surface area contributed by atoms with Crippen LogP contribution in [0.25, 0.3) is 0 Å². The quantitative estimate of drug-likeness (QED) is 0.939. The molecule has 24 heavy (non-hydrogen) atoms. The number of fused-ring (bicyclic) bond motifs is 1. The third-order valence-corrected chi connectivity index (χ3v) is 4.68. The molecule has 0 atom stereocenters. The highest BCUT2D eigenvalue weighted by molar-refractivity contribution is 6.07. The molecule has 2 aromatic rings. The second-order valence-corrected chi connectivity index (χ2v) is 6.53. The zero-order valence-corrected chi connectivity index (χ0v) is 13.5. The van der Waals surface area contributed by atoms with E-state index >= 15 is 0 Å². The maximum Gasteiger partial charge on any atom is 0.258 e. The summed E-state index contributed by atoms with van der Waals surface area (Å²) >= 11 is 0. The fraction of sp³-hybridized carbons (Fsp3) is 0.300. The van der Waals surface area contributed by atoms with Crippen LogP contribution in [0.2, 0.25) is 0 Å². The average Bonchev–Trinajstić information content (AvgIpc) is 3.46. The van der Waals surface area contributed by atoms with E-state index < -0.39 is 0 Å². The molecule has 4 nitrogen and oxygen atoms in total. The molecule has 1 heterocycles. The molecular weight excluding hydrogens is 300 g/mol. The number of benzene rings is 2. The van der Waals surface area contributed by atoms with Gasteiger partial charge in [0.05, 0.1) is 0 Å². The molecule has 0 radical (unpaired) electrons. The minimum Gasteiger partial charge on any atom is -0.326 e. The maximum atomic E-state index is 12.8. The summed E-state index contributed by atoms with van der Waals surface area (Å²) in [5, 5.41) is 2.99. The fourth-order valence-corrected chi connectivity index (χ4v) is 3.21. The van der Waals surface area contributed by atoms with E-state index in [0.717, 1.165) is 49.2 Å². The molecule has 0 unspecified atom stereocenters. The fourth-order valence-electron chi connectivity index (χ4n) is 3.21. The van der Waals surface area contributed by atoms with Gasteiger partial charge in [-0.2, -0.15) is 0 Å². The van der Waals surface area contributed by atoms with E-state index in [0.29, 0.717) is 5.56 Å². The molecule has 1 aliphatic carbocycles. The minimum absolute atomic E-state index is 0.0336. The van der Waals surface area contributed by atoms with Crippen molar-refractivity contribution in [3.8, 4) is 0 Å². The predicted octanol–water partition coefficient (Wildman–Crippen LogP) is 3.63. The lowest BCUT2D eigenvalue weighted by Crippen LogP contribution is -2.35. The number of nitrogens with zero attached hydrogens (tertiary/aromatic N) is 1. The minimum atomic E-state index is 0.0336. The molecular formula is C20H20N2O2. The Hall–Kier alpha value is -2.62. The standard InChI is InChI=1S/C20H20N2O2/c23-19(14-8-9-14)21-17-10-11-18-16(13-17)7-4-12-22(18)20(24)15-5-2-1-3-6-15/h1-3,5-6,10-11,13-14H,4,7-9,12H2,(H,21,23). The summed E-state index contributed by atoms with van der Waals surface area (Å²) in [4.78, 5) is 26.6. The third kappa shape index (κ3) is 2.92. The monoisotopic (exact) mass is 320 g/mol. The number of nitrogens with one attached hydrogen (secondary N) is 1. The van der Waals surface area contributed by atoms with Crippen molar-refractivity contribution < 1.29 is 9.59 Å². The number of hydrogen-bond donors (Lipinski definition) is 1. The Labute approximate surface area is 141 Å². The van der Waals surface area contributed by atoms with Gasteiger partial charge in [0.25, 0.3) is 5.91 Å². The lowest BCUT2D eigenvalue weighted by Gasteiger charge is -2.30. The molecule has 0 bridgehead atoms. The van der Waals surface area contributed by atoms with Crippen molar-refractivity contribution in [1.29, 1.82) is 0 Å². The van der Waals surface area contributed by atoms with Crippen molar-refractivity contribution in [1.82, 2.24) is 0 Å². The van der Waals surface area contributed by atoms with Crippen LogP contribution in [-0.4, -0.2) is 18.4 Å². The van der Waals surface area contributed by atoms with Gasteiger partial charge in [-0.15, -0.1) is 0 Å². The van der Waals surface area contributed by atoms with Gasteiger partial charge in [0.1, 0.15) is 0 Å².